The van der Waals surface area contributed by atoms with Crippen LogP contribution in [0.5, 0.6) is 11.5 Å². The van der Waals surface area contributed by atoms with Gasteiger partial charge in [-0.3, -0.25) is 4.79 Å². The lowest BCUT2D eigenvalue weighted by Gasteiger charge is -2.18. The molecule has 7 nitrogen and oxygen atoms in total. The largest absolute Gasteiger partial charge is 0.453 e. The number of halogens is 6. The van der Waals surface area contributed by atoms with Crippen molar-refractivity contribution in [3.05, 3.63) is 81.9 Å². The number of aromatic nitrogens is 1. The Labute approximate surface area is 206 Å². The van der Waals surface area contributed by atoms with Crippen LogP contribution in [0.15, 0.2) is 66.0 Å². The molecular formula is C22H15Cl2F4N5O2. The molecule has 0 bridgehead atoms. The SMILES string of the molecule is N=C/C(C(=O)Nc1ccc(Oc2ccnc(N)c2Cl)c(F)c1)=C(\Nc1ccccc1Cl)C(F)(F)F. The number of hydrogen-bond acceptors (Lipinski definition) is 6. The van der Waals surface area contributed by atoms with Gasteiger partial charge in [0.15, 0.2) is 17.3 Å². The van der Waals surface area contributed by atoms with Crippen LogP contribution in [0.1, 0.15) is 0 Å². The number of ether oxygens (including phenoxy) is 1. The zero-order chi connectivity index (χ0) is 25.8. The van der Waals surface area contributed by atoms with Crippen LogP contribution >= 0.6 is 23.2 Å². The summed E-state index contributed by atoms with van der Waals surface area (Å²) in [6.07, 6.45) is -3.52. The summed E-state index contributed by atoms with van der Waals surface area (Å²) in [5.41, 5.74) is 2.66. The fraction of sp³-hybridized carbons (Fsp3) is 0.0455. The molecule has 3 rings (SSSR count). The third kappa shape index (κ3) is 6.19. The standard InChI is InChI=1S/C22H15Cl2F4N5O2/c23-13-3-1-2-4-15(13)33-19(22(26,27)28)12(10-29)21(34)32-11-5-6-16(14(25)9-11)35-17-7-8-31-20(30)18(17)24/h1-10,29,33H,(H2,30,31)(H,32,34)/b19-12+,29-10?. The van der Waals surface area contributed by atoms with Crippen LogP contribution in [0.2, 0.25) is 10.0 Å². The Morgan fingerprint density at radius 1 is 1.09 bits per heavy atom. The third-order valence-corrected chi connectivity index (χ3v) is 5.08. The summed E-state index contributed by atoms with van der Waals surface area (Å²) in [6.45, 7) is 0. The molecule has 0 fully saturated rings. The van der Waals surface area contributed by atoms with Gasteiger partial charge in [0, 0.05) is 30.2 Å². The number of benzene rings is 2. The number of carbonyl (C=O) groups is 1. The number of anilines is 3. The summed E-state index contributed by atoms with van der Waals surface area (Å²) >= 11 is 11.9. The minimum absolute atomic E-state index is 0.0179. The molecular weight excluding hydrogens is 513 g/mol. The van der Waals surface area contributed by atoms with Gasteiger partial charge in [0.05, 0.1) is 16.3 Å². The number of nitrogen functional groups attached to an aromatic ring is 1. The molecule has 0 atom stereocenters. The predicted octanol–water partition coefficient (Wildman–Crippen LogP) is 6.42. The van der Waals surface area contributed by atoms with E-state index in [-0.39, 0.29) is 45.0 Å². The Bertz CT molecular complexity index is 1320. The quantitative estimate of drug-likeness (QED) is 0.161. The van der Waals surface area contributed by atoms with Crippen molar-refractivity contribution < 1.29 is 27.1 Å². The van der Waals surface area contributed by atoms with Crippen LogP contribution in [0.3, 0.4) is 0 Å². The molecule has 35 heavy (non-hydrogen) atoms. The highest BCUT2D eigenvalue weighted by molar-refractivity contribution is 6.34. The summed E-state index contributed by atoms with van der Waals surface area (Å²) in [7, 11) is 0. The second-order valence-electron chi connectivity index (χ2n) is 6.75. The molecule has 0 saturated carbocycles. The minimum Gasteiger partial charge on any atom is -0.453 e. The average Bonchev–Trinajstić information content (AvgIpc) is 2.79. The number of rotatable bonds is 7. The van der Waals surface area contributed by atoms with E-state index >= 15 is 0 Å². The average molecular weight is 528 g/mol. The first-order valence-electron chi connectivity index (χ1n) is 9.53. The number of nitrogens with zero attached hydrogens (tertiary/aromatic N) is 1. The molecule has 1 aromatic heterocycles. The fourth-order valence-electron chi connectivity index (χ4n) is 2.74. The van der Waals surface area contributed by atoms with Gasteiger partial charge in [-0.2, -0.15) is 13.2 Å². The first-order valence-corrected chi connectivity index (χ1v) is 10.3. The first kappa shape index (κ1) is 25.8. The maximum Gasteiger partial charge on any atom is 0.432 e. The van der Waals surface area contributed by atoms with Crippen LogP contribution < -0.4 is 21.1 Å². The van der Waals surface area contributed by atoms with E-state index < -0.39 is 29.2 Å². The van der Waals surface area contributed by atoms with Crippen LogP contribution in [0.4, 0.5) is 34.8 Å². The second kappa shape index (κ2) is 10.6. The van der Waals surface area contributed by atoms with Crippen LogP contribution in [-0.2, 0) is 4.79 Å². The van der Waals surface area contributed by atoms with E-state index in [2.05, 4.69) is 15.6 Å². The van der Waals surface area contributed by atoms with Crippen molar-refractivity contribution >= 4 is 52.5 Å². The van der Waals surface area contributed by atoms with Crippen molar-refractivity contribution in [2.75, 3.05) is 16.4 Å². The molecule has 0 aliphatic heterocycles. The van der Waals surface area contributed by atoms with E-state index in [9.17, 15) is 22.4 Å². The number of carbonyl (C=O) groups excluding carboxylic acids is 1. The Hall–Kier alpha value is -3.83. The number of nitrogens with two attached hydrogens (primary N) is 1. The number of nitrogens with one attached hydrogen (secondary N) is 3. The molecule has 3 aromatic rings. The van der Waals surface area contributed by atoms with Crippen LogP contribution in [-0.4, -0.2) is 23.3 Å². The van der Waals surface area contributed by atoms with Crippen LogP contribution in [0.25, 0.3) is 0 Å². The Balaban J connectivity index is 1.87. The lowest BCUT2D eigenvalue weighted by Crippen LogP contribution is -2.27. The van der Waals surface area contributed by atoms with E-state index in [1.165, 1.54) is 42.6 Å². The molecule has 2 aromatic carbocycles. The van der Waals surface area contributed by atoms with Gasteiger partial charge in [0.1, 0.15) is 16.5 Å². The zero-order valence-electron chi connectivity index (χ0n) is 17.4. The first-order chi connectivity index (χ1) is 16.5. The van der Waals surface area contributed by atoms with Gasteiger partial charge in [0.2, 0.25) is 0 Å². The summed E-state index contributed by atoms with van der Waals surface area (Å²) in [4.78, 5) is 16.3. The number of alkyl halides is 3. The van der Waals surface area contributed by atoms with Gasteiger partial charge in [-0.25, -0.2) is 9.37 Å². The highest BCUT2D eigenvalue weighted by Crippen LogP contribution is 2.35. The highest BCUT2D eigenvalue weighted by Gasteiger charge is 2.38. The maximum absolute atomic E-state index is 14.6. The zero-order valence-corrected chi connectivity index (χ0v) is 18.9. The third-order valence-electron chi connectivity index (χ3n) is 4.37. The normalized spacial score (nSPS) is 11.9. The van der Waals surface area contributed by atoms with E-state index in [0.29, 0.717) is 0 Å². The molecule has 182 valence electrons. The Kier molecular flexibility index (Phi) is 7.82. The van der Waals surface area contributed by atoms with E-state index in [1.807, 2.05) is 0 Å². The topological polar surface area (TPSA) is 113 Å². The Morgan fingerprint density at radius 2 is 1.80 bits per heavy atom. The van der Waals surface area contributed by atoms with Gasteiger partial charge in [-0.15, -0.1) is 0 Å². The fourth-order valence-corrected chi connectivity index (χ4v) is 3.07. The summed E-state index contributed by atoms with van der Waals surface area (Å²) in [5, 5.41) is 11.5. The van der Waals surface area contributed by atoms with Crippen molar-refractivity contribution in [3.63, 3.8) is 0 Å². The minimum atomic E-state index is -5.04. The van der Waals surface area contributed by atoms with Crippen molar-refractivity contribution in [2.45, 2.75) is 6.18 Å². The number of allylic oxidation sites excluding steroid dienone is 1. The van der Waals surface area contributed by atoms with Gasteiger partial charge in [-0.05, 0) is 24.3 Å². The molecule has 0 aliphatic rings. The Morgan fingerprint density at radius 3 is 2.43 bits per heavy atom. The van der Waals surface area contributed by atoms with Crippen molar-refractivity contribution in [2.24, 2.45) is 0 Å². The molecule has 5 N–H and O–H groups in total. The maximum atomic E-state index is 14.6. The van der Waals surface area contributed by atoms with Crippen molar-refractivity contribution in [1.82, 2.24) is 4.98 Å². The van der Waals surface area contributed by atoms with E-state index in [0.717, 1.165) is 12.1 Å². The molecule has 13 heteroatoms. The van der Waals surface area contributed by atoms with Gasteiger partial charge in [0.25, 0.3) is 5.91 Å². The highest BCUT2D eigenvalue weighted by atomic mass is 35.5. The molecule has 1 heterocycles. The number of amides is 1. The summed E-state index contributed by atoms with van der Waals surface area (Å²) in [6, 6.07) is 10.0. The number of hydrogen-bond donors (Lipinski definition) is 4. The second-order valence-corrected chi connectivity index (χ2v) is 7.53. The summed E-state index contributed by atoms with van der Waals surface area (Å²) < 4.78 is 61.0. The van der Waals surface area contributed by atoms with Gasteiger partial charge in [-0.1, -0.05) is 35.3 Å². The molecule has 0 spiro atoms. The lowest BCUT2D eigenvalue weighted by atomic mass is 10.1. The number of para-hydroxylation sites is 1. The van der Waals surface area contributed by atoms with Gasteiger partial charge < -0.3 is 26.5 Å². The van der Waals surface area contributed by atoms with Crippen molar-refractivity contribution in [3.8, 4) is 11.5 Å². The van der Waals surface area contributed by atoms with Crippen LogP contribution in [0, 0.1) is 11.2 Å². The predicted molar refractivity (Wildman–Crippen MR) is 126 cm³/mol. The molecule has 0 radical (unpaired) electrons. The lowest BCUT2D eigenvalue weighted by molar-refractivity contribution is -0.114. The molecule has 0 aliphatic carbocycles. The van der Waals surface area contributed by atoms with Gasteiger partial charge >= 0.3 is 6.18 Å². The summed E-state index contributed by atoms with van der Waals surface area (Å²) in [5.74, 6) is -2.59. The smallest absolute Gasteiger partial charge is 0.432 e. The number of pyridine rings is 1. The molecule has 1 amide bonds. The van der Waals surface area contributed by atoms with E-state index in [1.54, 1.807) is 0 Å². The molecule has 0 unspecified atom stereocenters. The van der Waals surface area contributed by atoms with Crippen molar-refractivity contribution in [1.29, 1.82) is 5.41 Å². The van der Waals surface area contributed by atoms with E-state index in [4.69, 9.17) is 39.1 Å². The monoisotopic (exact) mass is 527 g/mol. The molecule has 0 saturated heterocycles.